The van der Waals surface area contributed by atoms with Crippen LogP contribution in [0.25, 0.3) is 22.2 Å². The summed E-state index contributed by atoms with van der Waals surface area (Å²) in [6.07, 6.45) is 0. The topological polar surface area (TPSA) is 68.9 Å². The molecule has 0 saturated heterocycles. The van der Waals surface area contributed by atoms with Crippen LogP contribution in [0.2, 0.25) is 0 Å². The van der Waals surface area contributed by atoms with Crippen molar-refractivity contribution in [3.05, 3.63) is 30.0 Å². The van der Waals surface area contributed by atoms with E-state index in [1.807, 2.05) is 25.2 Å². The van der Waals surface area contributed by atoms with Crippen LogP contribution in [-0.2, 0) is 7.05 Å². The minimum atomic E-state index is 0.500. The summed E-state index contributed by atoms with van der Waals surface area (Å²) in [5, 5.41) is 8.14. The average molecular weight is 256 g/mol. The molecule has 0 unspecified atom stereocenters. The van der Waals surface area contributed by atoms with Crippen molar-refractivity contribution in [3.63, 3.8) is 0 Å². The van der Waals surface area contributed by atoms with E-state index in [0.29, 0.717) is 5.82 Å². The standard InChI is InChI=1S/C14H16N4O/c1-8-14(11-7-13(15)17-16-11)10-5-4-9(19-3)6-12(10)18(8)2/h4-7H,1-3H3,(H3,15,16,17). The molecule has 0 radical (unpaired) electrons. The number of nitrogen functional groups attached to an aromatic ring is 1. The van der Waals surface area contributed by atoms with Gasteiger partial charge < -0.3 is 15.0 Å². The Morgan fingerprint density at radius 3 is 2.74 bits per heavy atom. The van der Waals surface area contributed by atoms with Crippen LogP contribution < -0.4 is 10.5 Å². The Labute approximate surface area is 111 Å². The number of nitrogens with one attached hydrogen (secondary N) is 1. The maximum Gasteiger partial charge on any atom is 0.145 e. The number of H-pyrrole nitrogens is 1. The van der Waals surface area contributed by atoms with E-state index in [0.717, 1.165) is 33.6 Å². The molecule has 0 aliphatic rings. The quantitative estimate of drug-likeness (QED) is 0.740. The number of anilines is 1. The summed E-state index contributed by atoms with van der Waals surface area (Å²) in [7, 11) is 3.72. The molecule has 2 aromatic heterocycles. The van der Waals surface area contributed by atoms with Crippen molar-refractivity contribution in [3.8, 4) is 17.0 Å². The van der Waals surface area contributed by atoms with Crippen molar-refractivity contribution in [2.45, 2.75) is 6.92 Å². The monoisotopic (exact) mass is 256 g/mol. The Kier molecular flexibility index (Phi) is 2.48. The zero-order valence-electron chi connectivity index (χ0n) is 11.2. The Hall–Kier alpha value is -2.43. The number of fused-ring (bicyclic) bond motifs is 1. The number of methoxy groups -OCH3 is 1. The Morgan fingerprint density at radius 1 is 1.32 bits per heavy atom. The van der Waals surface area contributed by atoms with Crippen LogP contribution in [0, 0.1) is 6.92 Å². The van der Waals surface area contributed by atoms with Crippen molar-refractivity contribution in [1.82, 2.24) is 14.8 Å². The van der Waals surface area contributed by atoms with Crippen LogP contribution >= 0.6 is 0 Å². The second-order valence-electron chi connectivity index (χ2n) is 4.61. The van der Waals surface area contributed by atoms with Crippen LogP contribution in [0.1, 0.15) is 5.69 Å². The van der Waals surface area contributed by atoms with Crippen LogP contribution in [-0.4, -0.2) is 21.9 Å². The van der Waals surface area contributed by atoms with Crippen molar-refractivity contribution in [2.75, 3.05) is 12.8 Å². The number of aromatic amines is 1. The molecule has 98 valence electrons. The summed E-state index contributed by atoms with van der Waals surface area (Å²) in [6, 6.07) is 7.91. The van der Waals surface area contributed by atoms with Gasteiger partial charge in [-0.05, 0) is 19.1 Å². The second kappa shape index (κ2) is 4.05. The molecule has 0 aliphatic heterocycles. The van der Waals surface area contributed by atoms with Gasteiger partial charge >= 0.3 is 0 Å². The van der Waals surface area contributed by atoms with E-state index in [-0.39, 0.29) is 0 Å². The van der Waals surface area contributed by atoms with E-state index in [9.17, 15) is 0 Å². The Balaban J connectivity index is 2.33. The predicted octanol–water partition coefficient (Wildman–Crippen LogP) is 2.47. The summed E-state index contributed by atoms with van der Waals surface area (Å²) in [6.45, 7) is 2.08. The van der Waals surface area contributed by atoms with E-state index in [2.05, 4.69) is 27.8 Å². The molecule has 0 saturated carbocycles. The SMILES string of the molecule is COc1ccc2c(-c3cc(N)n[nH]3)c(C)n(C)c2c1. The van der Waals surface area contributed by atoms with Crippen molar-refractivity contribution >= 4 is 16.7 Å². The van der Waals surface area contributed by atoms with Gasteiger partial charge in [0.1, 0.15) is 11.6 Å². The number of aromatic nitrogens is 3. The molecule has 0 bridgehead atoms. The van der Waals surface area contributed by atoms with Crippen LogP contribution in [0.4, 0.5) is 5.82 Å². The molecule has 3 aromatic rings. The molecule has 0 aliphatic carbocycles. The van der Waals surface area contributed by atoms with E-state index in [1.54, 1.807) is 7.11 Å². The van der Waals surface area contributed by atoms with E-state index >= 15 is 0 Å². The zero-order valence-corrected chi connectivity index (χ0v) is 11.2. The molecule has 0 amide bonds. The molecule has 0 atom stereocenters. The first-order chi connectivity index (χ1) is 9.11. The number of aryl methyl sites for hydroxylation is 1. The number of nitrogens with two attached hydrogens (primary N) is 1. The summed E-state index contributed by atoms with van der Waals surface area (Å²) < 4.78 is 7.43. The van der Waals surface area contributed by atoms with E-state index < -0.39 is 0 Å². The fourth-order valence-electron chi connectivity index (χ4n) is 2.48. The molecule has 5 nitrogen and oxygen atoms in total. The van der Waals surface area contributed by atoms with Gasteiger partial charge in [-0.2, -0.15) is 5.10 Å². The van der Waals surface area contributed by atoms with Gasteiger partial charge in [0.05, 0.1) is 18.3 Å². The minimum absolute atomic E-state index is 0.500. The third-order valence-electron chi connectivity index (χ3n) is 3.57. The molecule has 5 heteroatoms. The maximum absolute atomic E-state index is 5.69. The lowest BCUT2D eigenvalue weighted by Gasteiger charge is -2.01. The lowest BCUT2D eigenvalue weighted by molar-refractivity contribution is 0.415. The first-order valence-electron chi connectivity index (χ1n) is 6.06. The summed E-state index contributed by atoms with van der Waals surface area (Å²) in [5.41, 5.74) is 10.0. The second-order valence-corrected chi connectivity index (χ2v) is 4.61. The average Bonchev–Trinajstić information content (AvgIpc) is 2.93. The van der Waals surface area contributed by atoms with Crippen molar-refractivity contribution < 1.29 is 4.74 Å². The zero-order chi connectivity index (χ0) is 13.6. The highest BCUT2D eigenvalue weighted by molar-refractivity contribution is 5.98. The number of rotatable bonds is 2. The molecular weight excluding hydrogens is 240 g/mol. The van der Waals surface area contributed by atoms with E-state index in [1.165, 1.54) is 0 Å². The van der Waals surface area contributed by atoms with Crippen LogP contribution in [0.3, 0.4) is 0 Å². The van der Waals surface area contributed by atoms with Gasteiger partial charge in [-0.25, -0.2) is 0 Å². The largest absolute Gasteiger partial charge is 0.497 e. The third-order valence-corrected chi connectivity index (χ3v) is 3.57. The van der Waals surface area contributed by atoms with Gasteiger partial charge in [0.15, 0.2) is 0 Å². The molecule has 2 heterocycles. The highest BCUT2D eigenvalue weighted by atomic mass is 16.5. The van der Waals surface area contributed by atoms with Gasteiger partial charge in [0.25, 0.3) is 0 Å². The van der Waals surface area contributed by atoms with Crippen molar-refractivity contribution in [2.24, 2.45) is 7.05 Å². The molecular formula is C14H16N4O. The fraction of sp³-hybridized carbons (Fsp3) is 0.214. The Morgan fingerprint density at radius 2 is 2.11 bits per heavy atom. The molecule has 3 rings (SSSR count). The molecule has 3 N–H and O–H groups in total. The smallest absolute Gasteiger partial charge is 0.145 e. The number of ether oxygens (including phenoxy) is 1. The van der Waals surface area contributed by atoms with Crippen LogP contribution in [0.15, 0.2) is 24.3 Å². The van der Waals surface area contributed by atoms with Gasteiger partial charge in [-0.15, -0.1) is 0 Å². The Bertz CT molecular complexity index is 754. The predicted molar refractivity (Wildman–Crippen MR) is 76.2 cm³/mol. The first-order valence-corrected chi connectivity index (χ1v) is 6.06. The summed E-state index contributed by atoms with van der Waals surface area (Å²) in [5.74, 6) is 1.35. The molecule has 0 fully saturated rings. The van der Waals surface area contributed by atoms with Gasteiger partial charge in [-0.1, -0.05) is 0 Å². The molecule has 0 spiro atoms. The van der Waals surface area contributed by atoms with Crippen molar-refractivity contribution in [1.29, 1.82) is 0 Å². The highest BCUT2D eigenvalue weighted by Crippen LogP contribution is 2.35. The number of nitrogens with zero attached hydrogens (tertiary/aromatic N) is 2. The van der Waals surface area contributed by atoms with E-state index in [4.69, 9.17) is 10.5 Å². The minimum Gasteiger partial charge on any atom is -0.497 e. The molecule has 19 heavy (non-hydrogen) atoms. The summed E-state index contributed by atoms with van der Waals surface area (Å²) >= 11 is 0. The number of benzene rings is 1. The lowest BCUT2D eigenvalue weighted by Crippen LogP contribution is -1.91. The lowest BCUT2D eigenvalue weighted by atomic mass is 10.1. The maximum atomic E-state index is 5.69. The fourth-order valence-corrected chi connectivity index (χ4v) is 2.48. The normalized spacial score (nSPS) is 11.1. The van der Waals surface area contributed by atoms with Crippen LogP contribution in [0.5, 0.6) is 5.75 Å². The number of hydrogen-bond acceptors (Lipinski definition) is 3. The highest BCUT2D eigenvalue weighted by Gasteiger charge is 2.15. The van der Waals surface area contributed by atoms with Gasteiger partial charge in [-0.3, -0.25) is 5.10 Å². The number of hydrogen-bond donors (Lipinski definition) is 2. The molecule has 1 aromatic carbocycles. The first kappa shape index (κ1) is 11.6. The van der Waals surface area contributed by atoms with Gasteiger partial charge in [0, 0.05) is 35.8 Å². The summed E-state index contributed by atoms with van der Waals surface area (Å²) in [4.78, 5) is 0. The van der Waals surface area contributed by atoms with Gasteiger partial charge in [0.2, 0.25) is 0 Å². The third kappa shape index (κ3) is 1.66.